The van der Waals surface area contributed by atoms with Crippen LogP contribution in [0.15, 0.2) is 36.9 Å². The Bertz CT molecular complexity index is 388. The fourth-order valence-electron chi connectivity index (χ4n) is 1.57. The van der Waals surface area contributed by atoms with E-state index in [4.69, 9.17) is 0 Å². The van der Waals surface area contributed by atoms with E-state index in [1.807, 2.05) is 24.3 Å². The molecule has 0 saturated heterocycles. The number of benzene rings is 1. The summed E-state index contributed by atoms with van der Waals surface area (Å²) in [6, 6.07) is 7.60. The number of para-hydroxylation sites is 1. The molecule has 1 N–H and O–H groups in total. The number of nitrogens with one attached hydrogen (secondary N) is 1. The highest BCUT2D eigenvalue weighted by Crippen LogP contribution is 2.16. The van der Waals surface area contributed by atoms with Crippen molar-refractivity contribution in [3.63, 3.8) is 0 Å². The summed E-state index contributed by atoms with van der Waals surface area (Å²) in [5.41, 5.74) is 1.61. The molecule has 1 aromatic carbocycles. The number of hydrogen-bond donors (Lipinski definition) is 1. The third kappa shape index (κ3) is 3.63. The summed E-state index contributed by atoms with van der Waals surface area (Å²) in [5.74, 6) is 0.0177. The van der Waals surface area contributed by atoms with Crippen LogP contribution in [0.4, 0.5) is 5.69 Å². The second-order valence-electron chi connectivity index (χ2n) is 3.95. The van der Waals surface area contributed by atoms with Gasteiger partial charge in [-0.05, 0) is 18.6 Å². The number of likely N-dealkylation sites (N-methyl/N-ethyl adjacent to an activating group) is 1. The van der Waals surface area contributed by atoms with Crippen LogP contribution in [0.5, 0.6) is 0 Å². The molecule has 0 radical (unpaired) electrons. The molecule has 0 aliphatic heterocycles. The highest BCUT2D eigenvalue weighted by Gasteiger charge is 2.13. The van der Waals surface area contributed by atoms with Gasteiger partial charge in [0.15, 0.2) is 0 Å². The zero-order chi connectivity index (χ0) is 12.7. The maximum atomic E-state index is 12.2. The zero-order valence-electron chi connectivity index (χ0n) is 10.6. The van der Waals surface area contributed by atoms with Crippen molar-refractivity contribution in [2.24, 2.45) is 0 Å². The van der Waals surface area contributed by atoms with Gasteiger partial charge in [0.25, 0.3) is 5.91 Å². The smallest absolute Gasteiger partial charge is 0.255 e. The van der Waals surface area contributed by atoms with Crippen molar-refractivity contribution < 1.29 is 4.79 Å². The van der Waals surface area contributed by atoms with Gasteiger partial charge in [0.2, 0.25) is 0 Å². The van der Waals surface area contributed by atoms with E-state index in [0.717, 1.165) is 18.7 Å². The van der Waals surface area contributed by atoms with Crippen molar-refractivity contribution in [1.82, 2.24) is 4.90 Å². The molecule has 0 heterocycles. The van der Waals surface area contributed by atoms with Crippen molar-refractivity contribution in [3.8, 4) is 0 Å². The summed E-state index contributed by atoms with van der Waals surface area (Å²) >= 11 is 0. The number of rotatable bonds is 6. The summed E-state index contributed by atoms with van der Waals surface area (Å²) in [6.07, 6.45) is 2.75. The average Bonchev–Trinajstić information content (AvgIpc) is 2.36. The molecule has 0 bridgehead atoms. The van der Waals surface area contributed by atoms with E-state index < -0.39 is 0 Å². The SMILES string of the molecule is C=CCN(C)C(=O)c1ccccc1NCCC. The van der Waals surface area contributed by atoms with E-state index >= 15 is 0 Å². The molecule has 17 heavy (non-hydrogen) atoms. The van der Waals surface area contributed by atoms with E-state index in [1.165, 1.54) is 0 Å². The Morgan fingerprint density at radius 3 is 2.82 bits per heavy atom. The van der Waals surface area contributed by atoms with Gasteiger partial charge in [-0.2, -0.15) is 0 Å². The summed E-state index contributed by atoms with van der Waals surface area (Å²) in [4.78, 5) is 13.8. The molecule has 92 valence electrons. The predicted molar refractivity (Wildman–Crippen MR) is 72.4 cm³/mol. The minimum absolute atomic E-state index is 0.0177. The topological polar surface area (TPSA) is 32.3 Å². The number of hydrogen-bond acceptors (Lipinski definition) is 2. The summed E-state index contributed by atoms with van der Waals surface area (Å²) in [7, 11) is 1.78. The highest BCUT2D eigenvalue weighted by molar-refractivity contribution is 5.99. The molecule has 0 aromatic heterocycles. The van der Waals surface area contributed by atoms with E-state index in [0.29, 0.717) is 12.1 Å². The molecule has 0 spiro atoms. The predicted octanol–water partition coefficient (Wildman–Crippen LogP) is 2.77. The van der Waals surface area contributed by atoms with Crippen LogP contribution in [-0.4, -0.2) is 30.9 Å². The molecule has 0 aliphatic carbocycles. The molecule has 1 amide bonds. The van der Waals surface area contributed by atoms with Crippen molar-refractivity contribution in [2.75, 3.05) is 25.5 Å². The Kier molecular flexibility index (Phi) is 5.27. The maximum absolute atomic E-state index is 12.2. The van der Waals surface area contributed by atoms with Crippen LogP contribution < -0.4 is 5.32 Å². The van der Waals surface area contributed by atoms with Crippen molar-refractivity contribution in [2.45, 2.75) is 13.3 Å². The highest BCUT2D eigenvalue weighted by atomic mass is 16.2. The number of carbonyl (C=O) groups is 1. The summed E-state index contributed by atoms with van der Waals surface area (Å²) in [5, 5.41) is 3.27. The largest absolute Gasteiger partial charge is 0.384 e. The number of amides is 1. The molecule has 3 nitrogen and oxygen atoms in total. The van der Waals surface area contributed by atoms with Gasteiger partial charge >= 0.3 is 0 Å². The van der Waals surface area contributed by atoms with Crippen LogP contribution in [0.25, 0.3) is 0 Å². The van der Waals surface area contributed by atoms with Crippen LogP contribution in [0.1, 0.15) is 23.7 Å². The first kappa shape index (κ1) is 13.3. The van der Waals surface area contributed by atoms with Gasteiger partial charge < -0.3 is 10.2 Å². The molecule has 1 rings (SSSR count). The van der Waals surface area contributed by atoms with Gasteiger partial charge in [0, 0.05) is 25.8 Å². The lowest BCUT2D eigenvalue weighted by Crippen LogP contribution is -2.27. The van der Waals surface area contributed by atoms with Crippen molar-refractivity contribution >= 4 is 11.6 Å². The first-order valence-electron chi connectivity index (χ1n) is 5.90. The van der Waals surface area contributed by atoms with Crippen LogP contribution in [0.2, 0.25) is 0 Å². The molecular weight excluding hydrogens is 212 g/mol. The molecule has 0 fully saturated rings. The Hall–Kier alpha value is -1.77. The zero-order valence-corrected chi connectivity index (χ0v) is 10.6. The molecule has 0 atom stereocenters. The van der Waals surface area contributed by atoms with Crippen LogP contribution >= 0.6 is 0 Å². The normalized spacial score (nSPS) is 9.76. The quantitative estimate of drug-likeness (QED) is 0.765. The van der Waals surface area contributed by atoms with Gasteiger partial charge in [-0.25, -0.2) is 0 Å². The van der Waals surface area contributed by atoms with E-state index in [2.05, 4.69) is 18.8 Å². The fourth-order valence-corrected chi connectivity index (χ4v) is 1.57. The molecule has 3 heteroatoms. The van der Waals surface area contributed by atoms with E-state index in [-0.39, 0.29) is 5.91 Å². The lowest BCUT2D eigenvalue weighted by Gasteiger charge is -2.17. The second-order valence-corrected chi connectivity index (χ2v) is 3.95. The Labute approximate surface area is 103 Å². The standard InChI is InChI=1S/C14H20N2O/c1-4-10-15-13-9-7-6-8-12(13)14(17)16(3)11-5-2/h5-9,15H,2,4,10-11H2,1,3H3. The van der Waals surface area contributed by atoms with Gasteiger partial charge in [0.05, 0.1) is 5.56 Å². The van der Waals surface area contributed by atoms with Gasteiger partial charge in [-0.15, -0.1) is 6.58 Å². The van der Waals surface area contributed by atoms with Gasteiger partial charge in [0.1, 0.15) is 0 Å². The number of anilines is 1. The monoisotopic (exact) mass is 232 g/mol. The third-order valence-corrected chi connectivity index (χ3v) is 2.47. The lowest BCUT2D eigenvalue weighted by atomic mass is 10.1. The Morgan fingerprint density at radius 2 is 2.18 bits per heavy atom. The number of carbonyl (C=O) groups excluding carboxylic acids is 1. The van der Waals surface area contributed by atoms with Crippen molar-refractivity contribution in [3.05, 3.63) is 42.5 Å². The van der Waals surface area contributed by atoms with E-state index in [1.54, 1.807) is 18.0 Å². The first-order chi connectivity index (χ1) is 8.20. The van der Waals surface area contributed by atoms with Crippen LogP contribution in [-0.2, 0) is 0 Å². The average molecular weight is 232 g/mol. The van der Waals surface area contributed by atoms with Gasteiger partial charge in [-0.1, -0.05) is 25.1 Å². The van der Waals surface area contributed by atoms with Crippen LogP contribution in [0.3, 0.4) is 0 Å². The molecule has 0 aliphatic rings. The fraction of sp³-hybridized carbons (Fsp3) is 0.357. The molecule has 0 saturated carbocycles. The second kappa shape index (κ2) is 6.74. The Morgan fingerprint density at radius 1 is 1.47 bits per heavy atom. The Balaban J connectivity index is 2.88. The van der Waals surface area contributed by atoms with Crippen molar-refractivity contribution in [1.29, 1.82) is 0 Å². The van der Waals surface area contributed by atoms with Gasteiger partial charge in [-0.3, -0.25) is 4.79 Å². The maximum Gasteiger partial charge on any atom is 0.255 e. The molecule has 0 unspecified atom stereocenters. The lowest BCUT2D eigenvalue weighted by molar-refractivity contribution is 0.0811. The first-order valence-corrected chi connectivity index (χ1v) is 5.90. The molecular formula is C14H20N2O. The minimum Gasteiger partial charge on any atom is -0.384 e. The number of nitrogens with zero attached hydrogens (tertiary/aromatic N) is 1. The summed E-state index contributed by atoms with van der Waals surface area (Å²) in [6.45, 7) is 7.16. The van der Waals surface area contributed by atoms with E-state index in [9.17, 15) is 4.79 Å². The summed E-state index contributed by atoms with van der Waals surface area (Å²) < 4.78 is 0. The molecule has 1 aromatic rings. The third-order valence-electron chi connectivity index (χ3n) is 2.47. The minimum atomic E-state index is 0.0177. The van der Waals surface area contributed by atoms with Crippen LogP contribution in [0, 0.1) is 0 Å².